The number of hydrogen-bond donors (Lipinski definition) is 2. The van der Waals surface area contributed by atoms with Crippen molar-refractivity contribution in [2.75, 3.05) is 18.9 Å². The minimum atomic E-state index is -0.615. The molecule has 0 spiro atoms. The summed E-state index contributed by atoms with van der Waals surface area (Å²) >= 11 is 0. The van der Waals surface area contributed by atoms with Crippen LogP contribution in [0.1, 0.15) is 23.7 Å². The van der Waals surface area contributed by atoms with Gasteiger partial charge in [0.1, 0.15) is 5.82 Å². The number of aliphatic hydroxyl groups is 1. The molecule has 98 valence electrons. The highest BCUT2D eigenvalue weighted by Gasteiger charge is 2.35. The van der Waals surface area contributed by atoms with E-state index in [1.165, 1.54) is 12.1 Å². The molecule has 0 aromatic heterocycles. The van der Waals surface area contributed by atoms with Crippen molar-refractivity contribution in [3.8, 4) is 0 Å². The molecule has 0 bridgehead atoms. The Hall–Kier alpha value is -1.62. The van der Waals surface area contributed by atoms with Crippen LogP contribution in [0.2, 0.25) is 0 Å². The summed E-state index contributed by atoms with van der Waals surface area (Å²) < 4.78 is 13.7. The number of nitrogens with zero attached hydrogens (tertiary/aromatic N) is 1. The molecule has 2 atom stereocenters. The average Bonchev–Trinajstić information content (AvgIpc) is 2.69. The summed E-state index contributed by atoms with van der Waals surface area (Å²) in [6.45, 7) is 2.44. The smallest absolute Gasteiger partial charge is 0.257 e. The first-order valence-corrected chi connectivity index (χ1v) is 6.01. The summed E-state index contributed by atoms with van der Waals surface area (Å²) in [4.78, 5) is 13.8. The van der Waals surface area contributed by atoms with E-state index in [0.717, 1.165) is 12.5 Å². The lowest BCUT2D eigenvalue weighted by molar-refractivity contribution is 0.0643. The van der Waals surface area contributed by atoms with Gasteiger partial charge in [0.15, 0.2) is 0 Å². The molecule has 0 saturated carbocycles. The molecule has 0 radical (unpaired) electrons. The Kier molecular flexibility index (Phi) is 3.52. The van der Waals surface area contributed by atoms with Crippen LogP contribution >= 0.6 is 0 Å². The lowest BCUT2D eigenvalue weighted by atomic mass is 10.0. The predicted octanol–water partition coefficient (Wildman–Crippen LogP) is 1.25. The van der Waals surface area contributed by atoms with Crippen LogP contribution in [0, 0.1) is 11.7 Å². The highest BCUT2D eigenvalue weighted by Crippen LogP contribution is 2.26. The molecular formula is C13H17FN2O2. The number of likely N-dealkylation sites (tertiary alicyclic amines) is 1. The Balaban J connectivity index is 2.26. The highest BCUT2D eigenvalue weighted by molar-refractivity contribution is 5.95. The third kappa shape index (κ3) is 2.18. The molecule has 3 N–H and O–H groups in total. The largest absolute Gasteiger partial charge is 0.399 e. The summed E-state index contributed by atoms with van der Waals surface area (Å²) in [5.41, 5.74) is 5.75. The number of carbonyl (C=O) groups excluding carboxylic acids is 1. The number of halogens is 1. The zero-order chi connectivity index (χ0) is 13.3. The van der Waals surface area contributed by atoms with E-state index in [0.29, 0.717) is 6.54 Å². The zero-order valence-electron chi connectivity index (χ0n) is 10.3. The predicted molar refractivity (Wildman–Crippen MR) is 66.5 cm³/mol. The molecule has 4 nitrogen and oxygen atoms in total. The van der Waals surface area contributed by atoms with Crippen LogP contribution in [-0.4, -0.2) is 35.1 Å². The van der Waals surface area contributed by atoms with E-state index in [1.54, 1.807) is 4.90 Å². The normalized spacial score (nSPS) is 23.4. The van der Waals surface area contributed by atoms with E-state index in [9.17, 15) is 14.3 Å². The topological polar surface area (TPSA) is 66.6 Å². The number of aliphatic hydroxyl groups excluding tert-OH is 1. The number of carbonyl (C=O) groups is 1. The maximum absolute atomic E-state index is 13.7. The molecule has 5 heteroatoms. The fourth-order valence-corrected chi connectivity index (χ4v) is 2.40. The summed E-state index contributed by atoms with van der Waals surface area (Å²) in [7, 11) is 0. The Morgan fingerprint density at radius 3 is 2.94 bits per heavy atom. The highest BCUT2D eigenvalue weighted by atomic mass is 19.1. The van der Waals surface area contributed by atoms with Crippen molar-refractivity contribution in [3.05, 3.63) is 29.6 Å². The van der Waals surface area contributed by atoms with Crippen molar-refractivity contribution in [3.63, 3.8) is 0 Å². The van der Waals surface area contributed by atoms with E-state index in [2.05, 4.69) is 0 Å². The number of hydrogen-bond acceptors (Lipinski definition) is 3. The van der Waals surface area contributed by atoms with Crippen molar-refractivity contribution in [1.29, 1.82) is 0 Å². The van der Waals surface area contributed by atoms with Gasteiger partial charge in [-0.05, 0) is 30.5 Å². The molecule has 1 fully saturated rings. The second-order valence-corrected chi connectivity index (χ2v) is 4.75. The summed E-state index contributed by atoms with van der Waals surface area (Å²) in [5, 5.41) is 9.31. The summed E-state index contributed by atoms with van der Waals surface area (Å²) in [6, 6.07) is 3.81. The SMILES string of the molecule is CC1CCN(C(=O)c2ccc(N)cc2F)C1CO. The fraction of sp³-hybridized carbons (Fsp3) is 0.462. The number of amides is 1. The molecule has 1 saturated heterocycles. The van der Waals surface area contributed by atoms with Gasteiger partial charge < -0.3 is 15.7 Å². The van der Waals surface area contributed by atoms with Crippen LogP contribution in [0.25, 0.3) is 0 Å². The first-order chi connectivity index (χ1) is 8.54. The van der Waals surface area contributed by atoms with Crippen LogP contribution in [0.5, 0.6) is 0 Å². The van der Waals surface area contributed by atoms with Gasteiger partial charge in [0.2, 0.25) is 0 Å². The number of benzene rings is 1. The second-order valence-electron chi connectivity index (χ2n) is 4.75. The monoisotopic (exact) mass is 252 g/mol. The van der Waals surface area contributed by atoms with Crippen LogP contribution in [0.3, 0.4) is 0 Å². The maximum Gasteiger partial charge on any atom is 0.257 e. The Morgan fingerprint density at radius 2 is 2.33 bits per heavy atom. The third-order valence-corrected chi connectivity index (χ3v) is 3.55. The van der Waals surface area contributed by atoms with Gasteiger partial charge in [0.25, 0.3) is 5.91 Å². The van der Waals surface area contributed by atoms with Gasteiger partial charge in [0, 0.05) is 12.2 Å². The molecular weight excluding hydrogens is 235 g/mol. The van der Waals surface area contributed by atoms with Gasteiger partial charge in [-0.1, -0.05) is 6.92 Å². The lowest BCUT2D eigenvalue weighted by Gasteiger charge is -2.25. The van der Waals surface area contributed by atoms with Crippen molar-refractivity contribution in [2.24, 2.45) is 5.92 Å². The second kappa shape index (κ2) is 4.94. The minimum Gasteiger partial charge on any atom is -0.399 e. The molecule has 1 aromatic carbocycles. The number of nitrogens with two attached hydrogens (primary N) is 1. The molecule has 1 aliphatic heterocycles. The van der Waals surface area contributed by atoms with E-state index in [1.807, 2.05) is 6.92 Å². The standard InChI is InChI=1S/C13H17FN2O2/c1-8-4-5-16(12(8)7-17)13(18)10-3-2-9(15)6-11(10)14/h2-3,6,8,12,17H,4-5,7,15H2,1H3. The van der Waals surface area contributed by atoms with Gasteiger partial charge >= 0.3 is 0 Å². The third-order valence-electron chi connectivity index (χ3n) is 3.55. The zero-order valence-corrected chi connectivity index (χ0v) is 10.3. The van der Waals surface area contributed by atoms with Crippen LogP contribution in [-0.2, 0) is 0 Å². The van der Waals surface area contributed by atoms with Crippen molar-refractivity contribution < 1.29 is 14.3 Å². The van der Waals surface area contributed by atoms with Gasteiger partial charge in [-0.25, -0.2) is 4.39 Å². The Morgan fingerprint density at radius 1 is 1.61 bits per heavy atom. The van der Waals surface area contributed by atoms with E-state index >= 15 is 0 Å². The van der Waals surface area contributed by atoms with E-state index in [4.69, 9.17) is 5.73 Å². The van der Waals surface area contributed by atoms with Crippen LogP contribution in [0.15, 0.2) is 18.2 Å². The molecule has 1 aliphatic rings. The van der Waals surface area contributed by atoms with Gasteiger partial charge in [0.05, 0.1) is 18.2 Å². The first-order valence-electron chi connectivity index (χ1n) is 6.01. The fourth-order valence-electron chi connectivity index (χ4n) is 2.40. The molecule has 0 aliphatic carbocycles. The van der Waals surface area contributed by atoms with Crippen molar-refractivity contribution >= 4 is 11.6 Å². The minimum absolute atomic E-state index is 0.0109. The average molecular weight is 252 g/mol. The number of anilines is 1. The van der Waals surface area contributed by atoms with E-state index < -0.39 is 5.82 Å². The van der Waals surface area contributed by atoms with Gasteiger partial charge in [-0.15, -0.1) is 0 Å². The summed E-state index contributed by atoms with van der Waals surface area (Å²) in [5.74, 6) is -0.761. The number of nitrogen functional groups attached to an aromatic ring is 1. The molecule has 1 heterocycles. The molecule has 2 unspecified atom stereocenters. The molecule has 2 rings (SSSR count). The maximum atomic E-state index is 13.7. The van der Waals surface area contributed by atoms with Gasteiger partial charge in [-0.2, -0.15) is 0 Å². The Labute approximate surface area is 105 Å². The quantitative estimate of drug-likeness (QED) is 0.778. The van der Waals surface area contributed by atoms with Crippen molar-refractivity contribution in [1.82, 2.24) is 4.90 Å². The summed E-state index contributed by atoms with van der Waals surface area (Å²) in [6.07, 6.45) is 0.827. The van der Waals surface area contributed by atoms with Gasteiger partial charge in [-0.3, -0.25) is 4.79 Å². The molecule has 1 aromatic rings. The molecule has 18 heavy (non-hydrogen) atoms. The van der Waals surface area contributed by atoms with Crippen molar-refractivity contribution in [2.45, 2.75) is 19.4 Å². The van der Waals surface area contributed by atoms with Crippen LogP contribution < -0.4 is 5.73 Å². The Bertz CT molecular complexity index is 464. The number of rotatable bonds is 2. The van der Waals surface area contributed by atoms with E-state index in [-0.39, 0.29) is 35.7 Å². The molecule has 1 amide bonds. The van der Waals surface area contributed by atoms with Crippen LogP contribution in [0.4, 0.5) is 10.1 Å². The first kappa shape index (κ1) is 12.8. The lowest BCUT2D eigenvalue weighted by Crippen LogP contribution is -2.40.